The number of carboxylic acid groups (broad SMARTS) is 1. The van der Waals surface area contributed by atoms with Crippen LogP contribution in [0, 0.1) is 0 Å². The highest BCUT2D eigenvalue weighted by atomic mass is 32.2. The van der Waals surface area contributed by atoms with E-state index in [9.17, 15) is 13.2 Å². The molecule has 0 atom stereocenters. The average molecular weight is 376 g/mol. The molecule has 26 heavy (non-hydrogen) atoms. The number of rotatable bonds is 9. The Labute approximate surface area is 154 Å². The summed E-state index contributed by atoms with van der Waals surface area (Å²) in [5, 5.41) is 12.2. The molecule has 0 aliphatic heterocycles. The van der Waals surface area contributed by atoms with Gasteiger partial charge < -0.3 is 10.4 Å². The lowest BCUT2D eigenvalue weighted by atomic mass is 10.1. The number of nitrogens with one attached hydrogen (secondary N) is 2. The van der Waals surface area contributed by atoms with Crippen molar-refractivity contribution in [1.82, 2.24) is 10.0 Å². The first-order valence-corrected chi connectivity index (χ1v) is 10.0. The van der Waals surface area contributed by atoms with Gasteiger partial charge in [-0.05, 0) is 42.7 Å². The zero-order chi connectivity index (χ0) is 19.2. The van der Waals surface area contributed by atoms with E-state index in [1.54, 1.807) is 38.1 Å². The van der Waals surface area contributed by atoms with Crippen LogP contribution in [0.15, 0.2) is 48.5 Å². The molecular formula is C19H24N2O4S. The molecule has 0 fully saturated rings. The number of sulfonamides is 1. The number of hydrogen-bond acceptors (Lipinski definition) is 4. The van der Waals surface area contributed by atoms with E-state index in [0.29, 0.717) is 13.1 Å². The summed E-state index contributed by atoms with van der Waals surface area (Å²) in [6.45, 7) is 4.84. The molecule has 0 aliphatic rings. The highest BCUT2D eigenvalue weighted by Gasteiger charge is 2.12. The fourth-order valence-electron chi connectivity index (χ4n) is 2.49. The van der Waals surface area contributed by atoms with Gasteiger partial charge in [-0.2, -0.15) is 0 Å². The van der Waals surface area contributed by atoms with Gasteiger partial charge in [0.1, 0.15) is 0 Å². The standard InChI is InChI=1S/C19H24N2O4S/c1-14(2)21-26(24,25)13-17-5-3-15(4-6-17)11-20-12-16-7-9-18(10-8-16)19(22)23/h3-10,14,20-21H,11-13H2,1-2H3,(H,22,23). The molecule has 0 saturated carbocycles. The van der Waals surface area contributed by atoms with Crippen LogP contribution in [0.25, 0.3) is 0 Å². The van der Waals surface area contributed by atoms with Crippen LogP contribution in [-0.2, 0) is 28.9 Å². The predicted molar refractivity (Wildman–Crippen MR) is 101 cm³/mol. The third kappa shape index (κ3) is 6.59. The van der Waals surface area contributed by atoms with Crippen molar-refractivity contribution in [2.45, 2.75) is 38.7 Å². The normalized spacial score (nSPS) is 11.7. The molecule has 0 amide bonds. The van der Waals surface area contributed by atoms with Crippen molar-refractivity contribution in [3.8, 4) is 0 Å². The van der Waals surface area contributed by atoms with Gasteiger partial charge in [0.05, 0.1) is 11.3 Å². The summed E-state index contributed by atoms with van der Waals surface area (Å²) in [7, 11) is -3.32. The van der Waals surface area contributed by atoms with Crippen molar-refractivity contribution in [1.29, 1.82) is 0 Å². The van der Waals surface area contributed by atoms with E-state index in [2.05, 4.69) is 10.0 Å². The van der Waals surface area contributed by atoms with E-state index < -0.39 is 16.0 Å². The van der Waals surface area contributed by atoms with Crippen molar-refractivity contribution in [2.24, 2.45) is 0 Å². The van der Waals surface area contributed by atoms with Gasteiger partial charge in [0, 0.05) is 19.1 Å². The van der Waals surface area contributed by atoms with E-state index in [1.807, 2.05) is 24.3 Å². The summed E-state index contributed by atoms with van der Waals surface area (Å²) in [5.74, 6) is -0.968. The summed E-state index contributed by atoms with van der Waals surface area (Å²) in [4.78, 5) is 10.8. The van der Waals surface area contributed by atoms with Gasteiger partial charge in [-0.3, -0.25) is 0 Å². The van der Waals surface area contributed by atoms with Gasteiger partial charge in [-0.25, -0.2) is 17.9 Å². The molecule has 0 saturated heterocycles. The highest BCUT2D eigenvalue weighted by molar-refractivity contribution is 7.88. The minimum absolute atomic E-state index is 0.0329. The second-order valence-electron chi connectivity index (χ2n) is 6.45. The smallest absolute Gasteiger partial charge is 0.335 e. The molecule has 3 N–H and O–H groups in total. The summed E-state index contributed by atoms with van der Waals surface area (Å²) in [5.41, 5.74) is 3.06. The van der Waals surface area contributed by atoms with Crippen LogP contribution >= 0.6 is 0 Å². The minimum Gasteiger partial charge on any atom is -0.478 e. The van der Waals surface area contributed by atoms with Crippen LogP contribution in [-0.4, -0.2) is 25.5 Å². The zero-order valence-corrected chi connectivity index (χ0v) is 15.7. The molecule has 2 aromatic carbocycles. The maximum atomic E-state index is 11.9. The van der Waals surface area contributed by atoms with Crippen molar-refractivity contribution >= 4 is 16.0 Å². The van der Waals surface area contributed by atoms with Gasteiger partial charge in [0.2, 0.25) is 10.0 Å². The van der Waals surface area contributed by atoms with E-state index in [0.717, 1.165) is 16.7 Å². The SMILES string of the molecule is CC(C)NS(=O)(=O)Cc1ccc(CNCc2ccc(C(=O)O)cc2)cc1. The fraction of sp³-hybridized carbons (Fsp3) is 0.316. The summed E-state index contributed by atoms with van der Waals surface area (Å²) >= 11 is 0. The van der Waals surface area contributed by atoms with Gasteiger partial charge in [-0.1, -0.05) is 36.4 Å². The van der Waals surface area contributed by atoms with Crippen molar-refractivity contribution in [3.63, 3.8) is 0 Å². The molecule has 0 aromatic heterocycles. The maximum absolute atomic E-state index is 11.9. The number of carbonyl (C=O) groups is 1. The topological polar surface area (TPSA) is 95.5 Å². The Balaban J connectivity index is 1.84. The number of benzene rings is 2. The van der Waals surface area contributed by atoms with Crippen LogP contribution < -0.4 is 10.0 Å². The van der Waals surface area contributed by atoms with Crippen LogP contribution in [0.3, 0.4) is 0 Å². The zero-order valence-electron chi connectivity index (χ0n) is 14.9. The molecule has 0 unspecified atom stereocenters. The first-order valence-electron chi connectivity index (χ1n) is 8.36. The Hall–Kier alpha value is -2.22. The average Bonchev–Trinajstić information content (AvgIpc) is 2.55. The van der Waals surface area contributed by atoms with E-state index in [4.69, 9.17) is 5.11 Å². The van der Waals surface area contributed by atoms with Crippen LogP contribution in [0.4, 0.5) is 0 Å². The Morgan fingerprint density at radius 1 is 0.923 bits per heavy atom. The minimum atomic E-state index is -3.32. The molecule has 0 spiro atoms. The van der Waals surface area contributed by atoms with Crippen molar-refractivity contribution < 1.29 is 18.3 Å². The summed E-state index contributed by atoms with van der Waals surface area (Å²) in [6.07, 6.45) is 0. The molecule has 140 valence electrons. The number of carboxylic acids is 1. The molecule has 6 nitrogen and oxygen atoms in total. The monoisotopic (exact) mass is 376 g/mol. The molecular weight excluding hydrogens is 352 g/mol. The number of aromatic carboxylic acids is 1. The van der Waals surface area contributed by atoms with Crippen molar-refractivity contribution in [2.75, 3.05) is 0 Å². The largest absolute Gasteiger partial charge is 0.478 e. The van der Waals surface area contributed by atoms with E-state index in [1.165, 1.54) is 0 Å². The van der Waals surface area contributed by atoms with Crippen LogP contribution in [0.2, 0.25) is 0 Å². The number of hydrogen-bond donors (Lipinski definition) is 3. The molecule has 7 heteroatoms. The van der Waals surface area contributed by atoms with Gasteiger partial charge in [0.15, 0.2) is 0 Å². The lowest BCUT2D eigenvalue weighted by Gasteiger charge is -2.10. The second-order valence-corrected chi connectivity index (χ2v) is 8.21. The lowest BCUT2D eigenvalue weighted by molar-refractivity contribution is 0.0697. The molecule has 2 aromatic rings. The predicted octanol–water partition coefficient (Wildman–Crippen LogP) is 2.50. The Morgan fingerprint density at radius 3 is 1.85 bits per heavy atom. The Bertz CT molecular complexity index is 829. The first-order chi connectivity index (χ1) is 12.2. The van der Waals surface area contributed by atoms with Crippen molar-refractivity contribution in [3.05, 3.63) is 70.8 Å². The summed E-state index contributed by atoms with van der Waals surface area (Å²) < 4.78 is 26.4. The maximum Gasteiger partial charge on any atom is 0.335 e. The third-order valence-corrected chi connectivity index (χ3v) is 5.20. The third-order valence-electron chi connectivity index (χ3n) is 3.65. The molecule has 0 bridgehead atoms. The highest BCUT2D eigenvalue weighted by Crippen LogP contribution is 2.09. The first kappa shape index (κ1) is 20.1. The van der Waals surface area contributed by atoms with Crippen LogP contribution in [0.1, 0.15) is 40.9 Å². The lowest BCUT2D eigenvalue weighted by Crippen LogP contribution is -2.31. The van der Waals surface area contributed by atoms with Gasteiger partial charge in [-0.15, -0.1) is 0 Å². The quantitative estimate of drug-likeness (QED) is 0.625. The molecule has 0 aliphatic carbocycles. The van der Waals surface area contributed by atoms with E-state index >= 15 is 0 Å². The van der Waals surface area contributed by atoms with Crippen LogP contribution in [0.5, 0.6) is 0 Å². The molecule has 2 rings (SSSR count). The second kappa shape index (κ2) is 8.93. The molecule has 0 radical (unpaired) electrons. The summed E-state index contributed by atoms with van der Waals surface area (Å²) in [6, 6.07) is 14.1. The Morgan fingerprint density at radius 2 is 1.38 bits per heavy atom. The van der Waals surface area contributed by atoms with Gasteiger partial charge >= 0.3 is 5.97 Å². The van der Waals surface area contributed by atoms with Gasteiger partial charge in [0.25, 0.3) is 0 Å². The fourth-order valence-corrected chi connectivity index (χ4v) is 3.92. The van der Waals surface area contributed by atoms with E-state index in [-0.39, 0.29) is 17.4 Å². The molecule has 0 heterocycles. The Kier molecular flexibility index (Phi) is 6.90.